The highest BCUT2D eigenvalue weighted by Crippen LogP contribution is 2.72. The third kappa shape index (κ3) is 28.8. The molecular weight excluding hydrogens is 1590 g/mol. The summed E-state index contributed by atoms with van der Waals surface area (Å²) < 4.78 is 0. The van der Waals surface area contributed by atoms with Crippen molar-refractivity contribution in [3.63, 3.8) is 0 Å². The highest BCUT2D eigenvalue weighted by molar-refractivity contribution is 5.13. The molecule has 0 N–H and O–H groups in total. The van der Waals surface area contributed by atoms with Gasteiger partial charge in [0.25, 0.3) is 0 Å². The van der Waals surface area contributed by atoms with Crippen LogP contribution in [0.1, 0.15) is 607 Å². The van der Waals surface area contributed by atoms with Gasteiger partial charge in [0.05, 0.1) is 0 Å². The van der Waals surface area contributed by atoms with E-state index in [2.05, 4.69) is 222 Å². The standard InChI is InChI=1S/2C14H24.C13H22.C13H24.2C12H22.C12H24.2C11H20.C11H22.C9H18/c1-13(2,3)14-7-10-4-11(8-14)6-12(5-10)9-14;1-14(2,3)13-11-5-9-4-10(7-11)8-12(13)6-9;1-12(2,3)13-7-9-4-10(8-13)6-11(13)5-9;1-13(2,3)12-10-6-4-7-11(12)9-5-8-10;1-11(2,3)12-7-4-10(5-8-12)6-9-12;1-12(2,3)11-6-4-9-8-10(9)5-7-11;1-12(2,3)11-9-7-5-4-6-8-10-11;1-10(2,3)11-6-4-9(8-11)5-7-11;1-11(2,3)10-7-8-4-5-9(10)6-8;1-11(2,3)10-8-6-4-5-7-9-10;1-8(2)9-6-4-3-5-7-9/h10-12H,4-9H2,1-3H3;9-13H,4-8H2,1-3H3;9-11H,4-8H2,1-3H3;10-12H,4-9H2,1-3H3;10H,4-9H2,1-3H3;9-11H,4-8H2,1-3H3;11H,4-10H2,1-3H3;9H,4-8H2,1-3H3;8-10H,4-7H2,1-3H3;10H,4-9H2,1-3H3;8-9H,3-7H2,1-2H3. The van der Waals surface area contributed by atoms with Crippen LogP contribution in [-0.4, -0.2) is 0 Å². The van der Waals surface area contributed by atoms with Crippen molar-refractivity contribution in [1.29, 1.82) is 0 Å². The van der Waals surface area contributed by atoms with Gasteiger partial charge in [-0.2, -0.15) is 0 Å². The summed E-state index contributed by atoms with van der Waals surface area (Å²) in [7, 11) is 0. The van der Waals surface area contributed by atoms with Gasteiger partial charge in [-0.25, -0.2) is 0 Å². The zero-order valence-electron chi connectivity index (χ0n) is 96.4. The molecule has 0 aromatic heterocycles. The second kappa shape index (κ2) is 44.9. The molecule has 26 saturated carbocycles. The maximum atomic E-state index is 2.49. The van der Waals surface area contributed by atoms with Gasteiger partial charge in [-0.3, -0.25) is 0 Å². The largest absolute Gasteiger partial charge is 0.0625 e. The Balaban J connectivity index is 0.000000131. The summed E-state index contributed by atoms with van der Waals surface area (Å²) in [4.78, 5) is 0. The van der Waals surface area contributed by atoms with E-state index in [0.717, 1.165) is 176 Å². The monoisotopic (exact) mass is 1830 g/mol. The molecule has 0 amide bonds. The molecule has 0 aliphatic heterocycles. The molecule has 0 heteroatoms. The van der Waals surface area contributed by atoms with Crippen LogP contribution in [0.5, 0.6) is 0 Å². The fraction of sp³-hybridized carbons (Fsp3) is 1.00. The average molecular weight is 1830 g/mol. The van der Waals surface area contributed by atoms with E-state index in [1.807, 2.05) is 0 Å². The van der Waals surface area contributed by atoms with Crippen LogP contribution in [0.15, 0.2) is 0 Å². The van der Waals surface area contributed by atoms with Gasteiger partial charge in [0, 0.05) is 0 Å². The van der Waals surface area contributed by atoms with E-state index in [1.54, 1.807) is 116 Å². The van der Waals surface area contributed by atoms with E-state index >= 15 is 0 Å². The summed E-state index contributed by atoms with van der Waals surface area (Å²) in [6.07, 6.45) is 91.5. The van der Waals surface area contributed by atoms with Gasteiger partial charge in [0.2, 0.25) is 0 Å². The quantitative estimate of drug-likeness (QED) is 0.230. The molecule has 0 nitrogen and oxygen atoms in total. The van der Waals surface area contributed by atoms with Crippen LogP contribution in [0.25, 0.3) is 0 Å². The first-order valence-electron chi connectivity index (χ1n) is 61.4. The van der Waals surface area contributed by atoms with Crippen molar-refractivity contribution in [2.75, 3.05) is 0 Å². The summed E-state index contributed by atoms with van der Waals surface area (Å²) in [6.45, 7) is 77.9. The highest BCUT2D eigenvalue weighted by atomic mass is 14.7. The first-order chi connectivity index (χ1) is 61.4. The van der Waals surface area contributed by atoms with Gasteiger partial charge in [0.15, 0.2) is 0 Å². The van der Waals surface area contributed by atoms with E-state index in [4.69, 9.17) is 0 Å². The molecule has 26 fully saturated rings. The summed E-state index contributed by atoms with van der Waals surface area (Å²) >= 11 is 0. The van der Waals surface area contributed by atoms with Crippen LogP contribution in [0.4, 0.5) is 0 Å². The lowest BCUT2D eigenvalue weighted by Gasteiger charge is -2.62. The predicted octanol–water partition coefficient (Wildman–Crippen LogP) is 43.0. The van der Waals surface area contributed by atoms with Crippen LogP contribution >= 0.6 is 0 Å². The SMILES string of the molecule is CC(C)(C)C12CC3CC(CC(C3)C1)C2.CC(C)(C)C12CC3CC(CC1C3)C2.CC(C)(C)C12CCC(CC1)C2.CC(C)(C)C12CCC(CC1)CC2.CC(C)(C)C1C2CC3CC(C2)CC1C3.CC(C)(C)C1C2CCCC1CCC2.CC(C)(C)C1CC2CCC1C2.CC(C)(C)C1CCC2CC2CC1.CC(C)(C)C1CCCCCC1.CC(C)(C)C1CCCCCCC1.CC(C)C1CCCCC1. The van der Waals surface area contributed by atoms with Crippen molar-refractivity contribution >= 4 is 0 Å². The van der Waals surface area contributed by atoms with E-state index in [-0.39, 0.29) is 0 Å². The van der Waals surface area contributed by atoms with Crippen LogP contribution in [0.2, 0.25) is 0 Å². The molecule has 7 atom stereocenters. The van der Waals surface area contributed by atoms with E-state index in [9.17, 15) is 0 Å². The van der Waals surface area contributed by atoms with Gasteiger partial charge in [-0.05, 0) is 480 Å². The Labute approximate surface area is 830 Å². The van der Waals surface area contributed by atoms with Gasteiger partial charge in [-0.1, -0.05) is 356 Å². The van der Waals surface area contributed by atoms with Gasteiger partial charge in [-0.15, -0.1) is 0 Å². The Morgan fingerprint density at radius 3 is 0.788 bits per heavy atom. The molecule has 0 aromatic rings. The van der Waals surface area contributed by atoms with Crippen molar-refractivity contribution in [3.05, 3.63) is 0 Å². The summed E-state index contributed by atoms with van der Waals surface area (Å²) in [6, 6.07) is 0. The van der Waals surface area contributed by atoms with E-state index in [1.165, 1.54) is 270 Å². The summed E-state index contributed by atoms with van der Waals surface area (Å²) in [5, 5.41) is 0. The lowest BCUT2D eigenvalue weighted by atomic mass is 9.43. The number of hydrogen-bond donors (Lipinski definition) is 0. The van der Waals surface area contributed by atoms with Crippen molar-refractivity contribution in [2.45, 2.75) is 607 Å². The molecule has 26 rings (SSSR count). The Morgan fingerprint density at radius 1 is 0.189 bits per heavy atom. The minimum Gasteiger partial charge on any atom is -0.0625 e. The van der Waals surface area contributed by atoms with Gasteiger partial charge < -0.3 is 0 Å². The van der Waals surface area contributed by atoms with Crippen LogP contribution in [-0.2, 0) is 0 Å². The lowest BCUT2D eigenvalue weighted by molar-refractivity contribution is -0.113. The van der Waals surface area contributed by atoms with E-state index in [0.29, 0.717) is 54.1 Å². The van der Waals surface area contributed by atoms with E-state index < -0.39 is 0 Å². The molecule has 0 saturated heterocycles. The second-order valence-electron chi connectivity index (χ2n) is 65.4. The van der Waals surface area contributed by atoms with Gasteiger partial charge in [0.1, 0.15) is 0 Å². The minimum atomic E-state index is 0.553. The Morgan fingerprint density at radius 2 is 0.508 bits per heavy atom. The first kappa shape index (κ1) is 111. The fourth-order valence-electron chi connectivity index (χ4n) is 38.5. The summed E-state index contributed by atoms with van der Waals surface area (Å²) in [5.74, 6) is 28.1. The molecular formula is C132H242. The topological polar surface area (TPSA) is 0 Å². The van der Waals surface area contributed by atoms with Crippen LogP contribution in [0.3, 0.4) is 0 Å². The Kier molecular flexibility index (Phi) is 37.7. The van der Waals surface area contributed by atoms with Crippen LogP contribution in [0, 0.1) is 230 Å². The van der Waals surface area contributed by atoms with Crippen molar-refractivity contribution in [1.82, 2.24) is 0 Å². The third-order valence-electron chi connectivity index (χ3n) is 46.6. The number of hydrogen-bond acceptors (Lipinski definition) is 0. The molecule has 26 aliphatic carbocycles. The van der Waals surface area contributed by atoms with Gasteiger partial charge >= 0.3 is 0 Å². The molecule has 770 valence electrons. The maximum Gasteiger partial charge on any atom is -0.0215 e. The minimum absolute atomic E-state index is 0.553. The molecule has 0 aromatic carbocycles. The normalized spacial score (nSPS) is 40.5. The molecule has 132 heavy (non-hydrogen) atoms. The zero-order chi connectivity index (χ0) is 96.4. The number of fused-ring (bicyclic) bond motifs is 10. The Hall–Kier alpha value is 0. The zero-order valence-corrected chi connectivity index (χ0v) is 96.4. The second-order valence-corrected chi connectivity index (χ2v) is 65.4. The fourth-order valence-corrected chi connectivity index (χ4v) is 38.5. The molecule has 0 heterocycles. The highest BCUT2D eigenvalue weighted by Gasteiger charge is 2.63. The molecule has 0 radical (unpaired) electrons. The van der Waals surface area contributed by atoms with Crippen molar-refractivity contribution in [3.8, 4) is 0 Å². The summed E-state index contributed by atoms with van der Waals surface area (Å²) in [5.41, 5.74) is 8.63. The third-order valence-corrected chi connectivity index (χ3v) is 46.6. The maximum absolute atomic E-state index is 2.49. The predicted molar refractivity (Wildman–Crippen MR) is 583 cm³/mol. The molecule has 20 bridgehead atoms. The molecule has 0 spiro atoms. The van der Waals surface area contributed by atoms with Crippen LogP contribution < -0.4 is 0 Å². The first-order valence-corrected chi connectivity index (χ1v) is 61.4. The Bertz CT molecular complexity index is 3180. The molecule has 26 aliphatic rings. The smallest absolute Gasteiger partial charge is 0.0215 e. The van der Waals surface area contributed by atoms with Crippen molar-refractivity contribution in [2.24, 2.45) is 230 Å². The average Bonchev–Trinajstić information content (AvgIpc) is 1.45. The number of rotatable bonds is 1. The lowest BCUT2D eigenvalue weighted by Crippen LogP contribution is -2.51. The molecule has 7 unspecified atom stereocenters. The van der Waals surface area contributed by atoms with Crippen molar-refractivity contribution < 1.29 is 0 Å².